The number of aromatic hydroxyl groups is 1. The van der Waals surface area contributed by atoms with Crippen LogP contribution in [0.1, 0.15) is 19.4 Å². The number of benzene rings is 1. The molecule has 5 heteroatoms. The highest BCUT2D eigenvalue weighted by atomic mass is 19.2. The number of nitrogens with two attached hydrogens (primary N) is 1. The molecule has 0 saturated carbocycles. The number of halogens is 3. The minimum Gasteiger partial charge on any atom is -0.503 e. The molecule has 0 aliphatic heterocycles. The number of hydrogen-bond acceptors (Lipinski definition) is 2. The maximum absolute atomic E-state index is 13.2. The number of phenolic OH excluding ortho intramolecular Hbond substituents is 1. The van der Waals surface area contributed by atoms with Crippen molar-refractivity contribution in [1.82, 2.24) is 0 Å². The van der Waals surface area contributed by atoms with Crippen LogP contribution in [0.3, 0.4) is 0 Å². The average Bonchev–Trinajstić information content (AvgIpc) is 2.06. The van der Waals surface area contributed by atoms with Gasteiger partial charge < -0.3 is 10.8 Å². The quantitative estimate of drug-likeness (QED) is 0.689. The smallest absolute Gasteiger partial charge is 0.203 e. The van der Waals surface area contributed by atoms with Crippen LogP contribution in [0.15, 0.2) is 6.07 Å². The number of phenols is 1. The number of hydrogen-bond donors (Lipinski definition) is 2. The second-order valence-corrected chi connectivity index (χ2v) is 3.60. The van der Waals surface area contributed by atoms with E-state index in [1.807, 2.05) is 0 Å². The van der Waals surface area contributed by atoms with Gasteiger partial charge in [-0.3, -0.25) is 0 Å². The van der Waals surface area contributed by atoms with E-state index in [2.05, 4.69) is 0 Å². The third-order valence-corrected chi connectivity index (χ3v) is 1.83. The zero-order valence-corrected chi connectivity index (χ0v) is 7.74. The van der Waals surface area contributed by atoms with E-state index >= 15 is 0 Å². The van der Waals surface area contributed by atoms with Gasteiger partial charge in [-0.05, 0) is 19.9 Å². The number of rotatable bonds is 1. The topological polar surface area (TPSA) is 46.2 Å². The fourth-order valence-corrected chi connectivity index (χ4v) is 1.06. The maximum Gasteiger partial charge on any atom is 0.203 e. The summed E-state index contributed by atoms with van der Waals surface area (Å²) in [6.07, 6.45) is 0. The molecular weight excluding hydrogens is 195 g/mol. The third kappa shape index (κ3) is 1.68. The molecule has 0 saturated heterocycles. The molecule has 0 spiro atoms. The van der Waals surface area contributed by atoms with Crippen LogP contribution in [0.2, 0.25) is 0 Å². The van der Waals surface area contributed by atoms with Crippen LogP contribution in [0.25, 0.3) is 0 Å². The van der Waals surface area contributed by atoms with Gasteiger partial charge in [0.2, 0.25) is 5.82 Å². The summed E-state index contributed by atoms with van der Waals surface area (Å²) in [4.78, 5) is 0. The average molecular weight is 205 g/mol. The van der Waals surface area contributed by atoms with Crippen LogP contribution >= 0.6 is 0 Å². The highest BCUT2D eigenvalue weighted by Gasteiger charge is 2.25. The highest BCUT2D eigenvalue weighted by molar-refractivity contribution is 5.36. The Balaban J connectivity index is 3.49. The molecule has 3 N–H and O–H groups in total. The van der Waals surface area contributed by atoms with Gasteiger partial charge in [0, 0.05) is 11.1 Å². The van der Waals surface area contributed by atoms with Crippen molar-refractivity contribution in [2.75, 3.05) is 0 Å². The lowest BCUT2D eigenvalue weighted by molar-refractivity contribution is 0.363. The van der Waals surface area contributed by atoms with Crippen molar-refractivity contribution in [3.63, 3.8) is 0 Å². The molecule has 0 atom stereocenters. The molecule has 1 aromatic carbocycles. The highest BCUT2D eigenvalue weighted by Crippen LogP contribution is 2.30. The van der Waals surface area contributed by atoms with E-state index < -0.39 is 28.7 Å². The summed E-state index contributed by atoms with van der Waals surface area (Å²) in [6, 6.07) is 0.643. The standard InChI is InChI=1S/C9H10F3NO/c1-9(2,13)4-3-5(10)7(12)8(14)6(4)11/h3,14H,13H2,1-2H3. The molecule has 0 amide bonds. The molecule has 14 heavy (non-hydrogen) atoms. The summed E-state index contributed by atoms with van der Waals surface area (Å²) in [6.45, 7) is 2.84. The second kappa shape index (κ2) is 3.16. The Hall–Kier alpha value is -1.23. The van der Waals surface area contributed by atoms with Crippen LogP contribution in [0.4, 0.5) is 13.2 Å². The van der Waals surface area contributed by atoms with Gasteiger partial charge >= 0.3 is 0 Å². The van der Waals surface area contributed by atoms with Crippen molar-refractivity contribution in [2.45, 2.75) is 19.4 Å². The molecule has 0 unspecified atom stereocenters. The fourth-order valence-electron chi connectivity index (χ4n) is 1.06. The summed E-state index contributed by atoms with van der Waals surface area (Å²) in [5, 5.41) is 8.89. The summed E-state index contributed by atoms with van der Waals surface area (Å²) in [5.41, 5.74) is 4.05. The van der Waals surface area contributed by atoms with Gasteiger partial charge in [0.25, 0.3) is 0 Å². The molecule has 0 aliphatic rings. The van der Waals surface area contributed by atoms with E-state index in [4.69, 9.17) is 10.8 Å². The Kier molecular flexibility index (Phi) is 2.45. The van der Waals surface area contributed by atoms with Gasteiger partial charge in [-0.25, -0.2) is 8.78 Å². The molecule has 1 rings (SSSR count). The zero-order chi connectivity index (χ0) is 11.1. The van der Waals surface area contributed by atoms with Crippen molar-refractivity contribution in [2.24, 2.45) is 5.73 Å². The summed E-state index contributed by atoms with van der Waals surface area (Å²) in [5.74, 6) is -5.48. The molecular formula is C9H10F3NO. The van der Waals surface area contributed by atoms with Crippen LogP contribution in [-0.2, 0) is 5.54 Å². The fraction of sp³-hybridized carbons (Fsp3) is 0.333. The van der Waals surface area contributed by atoms with E-state index in [9.17, 15) is 13.2 Å². The Bertz CT molecular complexity index is 371. The SMILES string of the molecule is CC(C)(N)c1cc(F)c(F)c(O)c1F. The van der Waals surface area contributed by atoms with Gasteiger partial charge in [-0.2, -0.15) is 4.39 Å². The van der Waals surface area contributed by atoms with Crippen LogP contribution in [0.5, 0.6) is 5.75 Å². The molecule has 1 aromatic rings. The van der Waals surface area contributed by atoms with Gasteiger partial charge in [0.1, 0.15) is 0 Å². The molecule has 0 bridgehead atoms. The van der Waals surface area contributed by atoms with E-state index in [-0.39, 0.29) is 5.56 Å². The molecule has 0 radical (unpaired) electrons. The van der Waals surface area contributed by atoms with Crippen molar-refractivity contribution in [3.8, 4) is 5.75 Å². The maximum atomic E-state index is 13.2. The van der Waals surface area contributed by atoms with Crippen LogP contribution in [-0.4, -0.2) is 5.11 Å². The summed E-state index contributed by atoms with van der Waals surface area (Å²) in [7, 11) is 0. The largest absolute Gasteiger partial charge is 0.503 e. The van der Waals surface area contributed by atoms with Crippen molar-refractivity contribution in [1.29, 1.82) is 0 Å². The first-order chi connectivity index (χ1) is 6.25. The Morgan fingerprint density at radius 1 is 1.21 bits per heavy atom. The monoisotopic (exact) mass is 205 g/mol. The first kappa shape index (κ1) is 10.8. The van der Waals surface area contributed by atoms with E-state index in [0.29, 0.717) is 6.07 Å². The van der Waals surface area contributed by atoms with Crippen LogP contribution < -0.4 is 5.73 Å². The predicted octanol–water partition coefficient (Wildman–Crippen LogP) is 2.00. The molecule has 0 fully saturated rings. The predicted molar refractivity (Wildman–Crippen MR) is 45.2 cm³/mol. The minimum absolute atomic E-state index is 0.270. The summed E-state index contributed by atoms with van der Waals surface area (Å²) >= 11 is 0. The van der Waals surface area contributed by atoms with Gasteiger partial charge in [0.05, 0.1) is 0 Å². The van der Waals surface area contributed by atoms with Gasteiger partial charge in [-0.1, -0.05) is 0 Å². The van der Waals surface area contributed by atoms with Crippen molar-refractivity contribution in [3.05, 3.63) is 29.1 Å². The normalized spacial score (nSPS) is 11.9. The molecule has 0 aromatic heterocycles. The zero-order valence-electron chi connectivity index (χ0n) is 7.74. The molecule has 0 heterocycles. The van der Waals surface area contributed by atoms with Crippen molar-refractivity contribution >= 4 is 0 Å². The van der Waals surface area contributed by atoms with Gasteiger partial charge in [0.15, 0.2) is 17.4 Å². The Labute approximate surface area is 79.2 Å². The second-order valence-electron chi connectivity index (χ2n) is 3.60. The first-order valence-electron chi connectivity index (χ1n) is 3.91. The lowest BCUT2D eigenvalue weighted by Gasteiger charge is -2.20. The molecule has 0 aliphatic carbocycles. The molecule has 2 nitrogen and oxygen atoms in total. The van der Waals surface area contributed by atoms with E-state index in [1.165, 1.54) is 13.8 Å². The lowest BCUT2D eigenvalue weighted by Crippen LogP contribution is -2.30. The lowest BCUT2D eigenvalue weighted by atomic mass is 9.94. The van der Waals surface area contributed by atoms with E-state index in [0.717, 1.165) is 0 Å². The van der Waals surface area contributed by atoms with E-state index in [1.54, 1.807) is 0 Å². The minimum atomic E-state index is -1.60. The van der Waals surface area contributed by atoms with Crippen molar-refractivity contribution < 1.29 is 18.3 Å². The Morgan fingerprint density at radius 2 is 1.71 bits per heavy atom. The first-order valence-corrected chi connectivity index (χ1v) is 3.91. The molecule has 78 valence electrons. The Morgan fingerprint density at radius 3 is 2.14 bits per heavy atom. The van der Waals surface area contributed by atoms with Gasteiger partial charge in [-0.15, -0.1) is 0 Å². The third-order valence-electron chi connectivity index (χ3n) is 1.83. The summed E-state index contributed by atoms with van der Waals surface area (Å²) < 4.78 is 38.6. The van der Waals surface area contributed by atoms with Crippen LogP contribution in [0, 0.1) is 17.5 Å².